The summed E-state index contributed by atoms with van der Waals surface area (Å²) in [6, 6.07) is 11.7. The molecule has 3 aliphatic rings. The summed E-state index contributed by atoms with van der Waals surface area (Å²) in [4.78, 5) is 47.5. The topological polar surface area (TPSA) is 121 Å². The van der Waals surface area contributed by atoms with Crippen molar-refractivity contribution in [3.8, 4) is 0 Å². The molecule has 2 aromatic heterocycles. The van der Waals surface area contributed by atoms with E-state index in [-0.39, 0.29) is 41.3 Å². The summed E-state index contributed by atoms with van der Waals surface area (Å²) in [7, 11) is 0. The molecule has 1 saturated carbocycles. The van der Waals surface area contributed by atoms with E-state index in [0.717, 1.165) is 18.4 Å². The molecule has 2 amide bonds. The van der Waals surface area contributed by atoms with Crippen LogP contribution in [-0.2, 0) is 11.3 Å². The maximum Gasteiger partial charge on any atom is 0.407 e. The molecule has 1 unspecified atom stereocenters. The lowest BCUT2D eigenvalue weighted by atomic mass is 9.66. The Hall–Kier alpha value is -3.66. The molecule has 10 heteroatoms. The largest absolute Gasteiger partial charge is 0.465 e. The number of piperidine rings is 2. The lowest BCUT2D eigenvalue weighted by Gasteiger charge is -2.51. The number of fused-ring (bicyclic) bond motifs is 1. The van der Waals surface area contributed by atoms with Crippen molar-refractivity contribution < 1.29 is 19.8 Å². The summed E-state index contributed by atoms with van der Waals surface area (Å²) >= 11 is 0. The number of hydrogen-bond donors (Lipinski definition) is 2. The van der Waals surface area contributed by atoms with Gasteiger partial charge in [-0.3, -0.25) is 14.2 Å². The van der Waals surface area contributed by atoms with E-state index in [9.17, 15) is 24.6 Å². The first-order chi connectivity index (χ1) is 20.0. The first-order valence-corrected chi connectivity index (χ1v) is 15.1. The van der Waals surface area contributed by atoms with E-state index in [1.807, 2.05) is 68.3 Å². The van der Waals surface area contributed by atoms with Crippen molar-refractivity contribution in [1.82, 2.24) is 23.9 Å². The van der Waals surface area contributed by atoms with E-state index >= 15 is 0 Å². The number of carboxylic acid groups (broad SMARTS) is 1. The van der Waals surface area contributed by atoms with Crippen LogP contribution in [0.3, 0.4) is 0 Å². The van der Waals surface area contributed by atoms with Crippen LogP contribution in [-0.4, -0.2) is 77.4 Å². The second kappa shape index (κ2) is 10.6. The molecular formula is C32H41N5O5. The Balaban J connectivity index is 1.19. The zero-order valence-electron chi connectivity index (χ0n) is 24.6. The van der Waals surface area contributed by atoms with Crippen LogP contribution >= 0.6 is 0 Å². The Morgan fingerprint density at radius 3 is 2.33 bits per heavy atom. The third-order valence-corrected chi connectivity index (χ3v) is 9.53. The lowest BCUT2D eigenvalue weighted by molar-refractivity contribution is -0.144. The first-order valence-electron chi connectivity index (χ1n) is 15.1. The van der Waals surface area contributed by atoms with Gasteiger partial charge in [0, 0.05) is 49.8 Å². The number of aromatic nitrogens is 3. The smallest absolute Gasteiger partial charge is 0.407 e. The number of benzene rings is 1. The molecule has 2 N–H and O–H groups in total. The maximum absolute atomic E-state index is 14.1. The summed E-state index contributed by atoms with van der Waals surface area (Å²) in [6.07, 6.45) is 5.84. The van der Waals surface area contributed by atoms with Crippen LogP contribution in [0.1, 0.15) is 70.4 Å². The van der Waals surface area contributed by atoms with Gasteiger partial charge in [0.25, 0.3) is 5.56 Å². The third kappa shape index (κ3) is 5.21. The highest BCUT2D eigenvalue weighted by atomic mass is 16.4. The van der Waals surface area contributed by atoms with Gasteiger partial charge in [0.1, 0.15) is 12.0 Å². The fourth-order valence-corrected chi connectivity index (χ4v) is 7.29. The van der Waals surface area contributed by atoms with Gasteiger partial charge in [0.15, 0.2) is 0 Å². The zero-order valence-corrected chi connectivity index (χ0v) is 24.6. The highest BCUT2D eigenvalue weighted by Crippen LogP contribution is 2.46. The lowest BCUT2D eigenvalue weighted by Crippen LogP contribution is -2.59. The molecule has 2 aliphatic heterocycles. The van der Waals surface area contributed by atoms with Crippen molar-refractivity contribution in [3.63, 3.8) is 0 Å². The van der Waals surface area contributed by atoms with Gasteiger partial charge in [0.05, 0.1) is 17.5 Å². The maximum atomic E-state index is 14.1. The summed E-state index contributed by atoms with van der Waals surface area (Å²) < 4.78 is 3.56. The molecule has 224 valence electrons. The van der Waals surface area contributed by atoms with Crippen molar-refractivity contribution in [2.45, 2.75) is 83.0 Å². The van der Waals surface area contributed by atoms with Gasteiger partial charge in [-0.2, -0.15) is 0 Å². The molecule has 42 heavy (non-hydrogen) atoms. The van der Waals surface area contributed by atoms with Gasteiger partial charge in [0.2, 0.25) is 5.91 Å². The molecule has 0 spiro atoms. The van der Waals surface area contributed by atoms with Crippen molar-refractivity contribution in [3.05, 3.63) is 64.8 Å². The number of likely N-dealkylation sites (tertiary alicyclic amines) is 2. The first kappa shape index (κ1) is 28.5. The minimum atomic E-state index is -1.13. The summed E-state index contributed by atoms with van der Waals surface area (Å²) in [6.45, 7) is 7.28. The van der Waals surface area contributed by atoms with Gasteiger partial charge in [-0.1, -0.05) is 51.1 Å². The highest BCUT2D eigenvalue weighted by Gasteiger charge is 2.50. The highest BCUT2D eigenvalue weighted by molar-refractivity contribution is 5.81. The number of carbonyl (C=O) groups excluding carboxylic acids is 1. The predicted molar refractivity (Wildman–Crippen MR) is 158 cm³/mol. The second-order valence-corrected chi connectivity index (χ2v) is 13.5. The van der Waals surface area contributed by atoms with E-state index in [1.165, 1.54) is 15.8 Å². The van der Waals surface area contributed by atoms with Crippen LogP contribution in [0.4, 0.5) is 4.79 Å². The molecule has 3 atom stereocenters. The molecule has 0 bridgehead atoms. The molecule has 4 heterocycles. The van der Waals surface area contributed by atoms with E-state index in [4.69, 9.17) is 0 Å². The van der Waals surface area contributed by atoms with Gasteiger partial charge in [-0.05, 0) is 49.1 Å². The van der Waals surface area contributed by atoms with E-state index in [0.29, 0.717) is 56.0 Å². The Labute approximate surface area is 245 Å². The molecule has 6 rings (SSSR count). The Morgan fingerprint density at radius 2 is 1.71 bits per heavy atom. The Morgan fingerprint density at radius 1 is 1.02 bits per heavy atom. The van der Waals surface area contributed by atoms with E-state index in [2.05, 4.69) is 9.55 Å². The number of amides is 2. The fourth-order valence-electron chi connectivity index (χ4n) is 7.29. The number of hydrogen-bond acceptors (Lipinski definition) is 5. The molecule has 10 nitrogen and oxygen atoms in total. The molecular weight excluding hydrogens is 534 g/mol. The van der Waals surface area contributed by atoms with Crippen molar-refractivity contribution in [2.24, 2.45) is 11.3 Å². The standard InChI is InChI=1S/C32H41N5O5/c1-31(2,3)26-25(21-7-5-4-6-8-21)23(11-16-37(26)30(40)41)28(38)34-17-13-32(42,14-18-34)19-35-20-33-27-24(29(35)39)12-15-36(27)22-9-10-22/h4-8,12,15,20,22-23,25-26,42H,9-11,13-14,16-19H2,1-3H3,(H,40,41)/t23-,25+,26?/m1/s1. The quantitative estimate of drug-likeness (QED) is 0.473. The van der Waals surface area contributed by atoms with E-state index in [1.54, 1.807) is 0 Å². The zero-order chi connectivity index (χ0) is 29.8. The fraction of sp³-hybridized carbons (Fsp3) is 0.562. The molecule has 3 fully saturated rings. The van der Waals surface area contributed by atoms with Gasteiger partial charge in [-0.15, -0.1) is 0 Å². The monoisotopic (exact) mass is 575 g/mol. The minimum absolute atomic E-state index is 0.00635. The van der Waals surface area contributed by atoms with Gasteiger partial charge >= 0.3 is 6.09 Å². The van der Waals surface area contributed by atoms with Crippen LogP contribution in [0, 0.1) is 11.3 Å². The average Bonchev–Trinajstić information content (AvgIpc) is 3.72. The van der Waals surface area contributed by atoms with Crippen LogP contribution in [0.15, 0.2) is 53.7 Å². The normalized spacial score (nSPS) is 24.6. The summed E-state index contributed by atoms with van der Waals surface area (Å²) in [5.41, 5.74) is -0.0126. The summed E-state index contributed by atoms with van der Waals surface area (Å²) in [5.74, 6) is -0.654. The van der Waals surface area contributed by atoms with Crippen molar-refractivity contribution >= 4 is 23.0 Å². The number of carbonyl (C=O) groups is 2. The van der Waals surface area contributed by atoms with Gasteiger partial charge in [-0.25, -0.2) is 9.78 Å². The SMILES string of the molecule is CC(C)(C)C1[C@@H](c2ccccc2)[C@H](C(=O)N2CCC(O)(Cn3cnc4c(ccn4C4CC4)c3=O)CC2)CCN1C(=O)O. The van der Waals surface area contributed by atoms with Crippen LogP contribution in [0.25, 0.3) is 11.0 Å². The molecule has 1 aromatic carbocycles. The van der Waals surface area contributed by atoms with Gasteiger partial charge < -0.3 is 24.6 Å². The number of rotatable bonds is 5. The van der Waals surface area contributed by atoms with Crippen LogP contribution in [0.2, 0.25) is 0 Å². The predicted octanol–water partition coefficient (Wildman–Crippen LogP) is 4.08. The minimum Gasteiger partial charge on any atom is -0.465 e. The average molecular weight is 576 g/mol. The van der Waals surface area contributed by atoms with Crippen LogP contribution < -0.4 is 5.56 Å². The molecule has 0 radical (unpaired) electrons. The van der Waals surface area contributed by atoms with Crippen LogP contribution in [0.5, 0.6) is 0 Å². The second-order valence-electron chi connectivity index (χ2n) is 13.5. The van der Waals surface area contributed by atoms with E-state index < -0.39 is 11.7 Å². The molecule has 1 aliphatic carbocycles. The molecule has 2 saturated heterocycles. The Bertz CT molecular complexity index is 1530. The van der Waals surface area contributed by atoms with Crippen molar-refractivity contribution in [2.75, 3.05) is 19.6 Å². The third-order valence-electron chi connectivity index (χ3n) is 9.53. The number of nitrogens with zero attached hydrogens (tertiary/aromatic N) is 5. The Kier molecular flexibility index (Phi) is 7.15. The number of aliphatic hydroxyl groups is 1. The van der Waals surface area contributed by atoms with Crippen molar-refractivity contribution in [1.29, 1.82) is 0 Å². The molecule has 3 aromatic rings. The summed E-state index contributed by atoms with van der Waals surface area (Å²) in [5, 5.41) is 22.1.